The molecule has 1 aromatic rings. The number of hydrogen-bond donors (Lipinski definition) is 0. The number of esters is 1. The molecule has 0 radical (unpaired) electrons. The zero-order chi connectivity index (χ0) is 26.0. The Morgan fingerprint density at radius 2 is 1.62 bits per heavy atom. The number of benzene rings is 1. The Morgan fingerprint density at radius 1 is 0.919 bits per heavy atom. The predicted molar refractivity (Wildman–Crippen MR) is 143 cm³/mol. The van der Waals surface area contributed by atoms with Gasteiger partial charge in [-0.1, -0.05) is 36.8 Å². The first kappa shape index (κ1) is 27.8. The summed E-state index contributed by atoms with van der Waals surface area (Å²) in [7, 11) is 3.25. The van der Waals surface area contributed by atoms with Crippen molar-refractivity contribution in [2.24, 2.45) is 0 Å². The van der Waals surface area contributed by atoms with Crippen LogP contribution in [0.2, 0.25) is 0 Å². The van der Waals surface area contributed by atoms with Gasteiger partial charge in [-0.25, -0.2) is 4.79 Å². The molecule has 3 aliphatic heterocycles. The summed E-state index contributed by atoms with van der Waals surface area (Å²) in [5.41, 5.74) is 1.39. The summed E-state index contributed by atoms with van der Waals surface area (Å²) in [5.74, 6) is -0.142. The van der Waals surface area contributed by atoms with Crippen molar-refractivity contribution < 1.29 is 19.1 Å². The van der Waals surface area contributed by atoms with Crippen molar-refractivity contribution >= 4 is 12.1 Å². The van der Waals surface area contributed by atoms with E-state index in [9.17, 15) is 9.59 Å². The van der Waals surface area contributed by atoms with E-state index in [2.05, 4.69) is 49.9 Å². The Labute approximate surface area is 222 Å². The summed E-state index contributed by atoms with van der Waals surface area (Å²) in [4.78, 5) is 35.2. The van der Waals surface area contributed by atoms with Crippen LogP contribution < -0.4 is 0 Å². The largest absolute Gasteiger partial charge is 0.469 e. The van der Waals surface area contributed by atoms with Gasteiger partial charge in [-0.3, -0.25) is 14.6 Å². The SMILES string of the molecule is COC(=O)CCCN1CCN(C2CN(C)C(=O)O2)C(CCCCN2CCN(Cc3ccccc3)CC2)C1. The van der Waals surface area contributed by atoms with Gasteiger partial charge in [0.25, 0.3) is 0 Å². The summed E-state index contributed by atoms with van der Waals surface area (Å²) in [6.07, 6.45) is 4.35. The lowest BCUT2D eigenvalue weighted by Crippen LogP contribution is -2.57. The van der Waals surface area contributed by atoms with Gasteiger partial charge >= 0.3 is 12.1 Å². The van der Waals surface area contributed by atoms with Crippen LogP contribution in [0.3, 0.4) is 0 Å². The molecule has 0 saturated carbocycles. The number of likely N-dealkylation sites (N-methyl/N-ethyl adjacent to an activating group) is 1. The van der Waals surface area contributed by atoms with Gasteiger partial charge in [-0.15, -0.1) is 0 Å². The molecule has 0 aliphatic carbocycles. The van der Waals surface area contributed by atoms with Crippen molar-refractivity contribution in [2.45, 2.75) is 50.9 Å². The van der Waals surface area contributed by atoms with Crippen LogP contribution in [0, 0.1) is 0 Å². The zero-order valence-corrected chi connectivity index (χ0v) is 22.7. The number of cyclic esters (lactones) is 1. The highest BCUT2D eigenvalue weighted by Gasteiger charge is 2.38. The number of hydrogen-bond acceptors (Lipinski definition) is 8. The molecular formula is C28H45N5O4. The molecular weight excluding hydrogens is 470 g/mol. The van der Waals surface area contributed by atoms with E-state index in [1.165, 1.54) is 19.1 Å². The fraction of sp³-hybridized carbons (Fsp3) is 0.714. The topological polar surface area (TPSA) is 68.8 Å². The number of carbonyl (C=O) groups is 2. The minimum atomic E-state index is -0.226. The fourth-order valence-corrected chi connectivity index (χ4v) is 5.78. The van der Waals surface area contributed by atoms with E-state index in [4.69, 9.17) is 9.47 Å². The van der Waals surface area contributed by atoms with Gasteiger partial charge in [0, 0.05) is 71.9 Å². The van der Waals surface area contributed by atoms with E-state index in [-0.39, 0.29) is 18.3 Å². The normalized spacial score (nSPS) is 24.4. The van der Waals surface area contributed by atoms with Gasteiger partial charge in [0.05, 0.1) is 13.7 Å². The number of amides is 1. The molecule has 37 heavy (non-hydrogen) atoms. The first-order valence-electron chi connectivity index (χ1n) is 14.0. The molecule has 0 bridgehead atoms. The molecule has 0 spiro atoms. The van der Waals surface area contributed by atoms with Crippen molar-refractivity contribution in [1.29, 1.82) is 0 Å². The van der Waals surface area contributed by atoms with Crippen LogP contribution >= 0.6 is 0 Å². The molecule has 2 unspecified atom stereocenters. The highest BCUT2D eigenvalue weighted by molar-refractivity contribution is 5.69. The van der Waals surface area contributed by atoms with Crippen LogP contribution in [-0.4, -0.2) is 128 Å². The molecule has 4 rings (SSSR count). The van der Waals surface area contributed by atoms with Crippen molar-refractivity contribution in [1.82, 2.24) is 24.5 Å². The number of nitrogens with zero attached hydrogens (tertiary/aromatic N) is 5. The maximum absolute atomic E-state index is 12.0. The predicted octanol–water partition coefficient (Wildman–Crippen LogP) is 2.32. The van der Waals surface area contributed by atoms with Crippen LogP contribution in [0.5, 0.6) is 0 Å². The number of carbonyl (C=O) groups excluding carboxylic acids is 2. The van der Waals surface area contributed by atoms with Gasteiger partial charge in [0.1, 0.15) is 0 Å². The van der Waals surface area contributed by atoms with Crippen molar-refractivity contribution in [3.05, 3.63) is 35.9 Å². The molecule has 1 amide bonds. The molecule has 9 nitrogen and oxygen atoms in total. The number of ether oxygens (including phenoxy) is 2. The van der Waals surface area contributed by atoms with Crippen molar-refractivity contribution in [2.75, 3.05) is 79.6 Å². The fourth-order valence-electron chi connectivity index (χ4n) is 5.78. The molecule has 0 aromatic heterocycles. The number of rotatable bonds is 12. The Kier molecular flexibility index (Phi) is 10.6. The van der Waals surface area contributed by atoms with Crippen LogP contribution in [0.4, 0.5) is 4.79 Å². The lowest BCUT2D eigenvalue weighted by atomic mass is 10.0. The highest BCUT2D eigenvalue weighted by atomic mass is 16.6. The van der Waals surface area contributed by atoms with E-state index >= 15 is 0 Å². The molecule has 0 N–H and O–H groups in total. The third kappa shape index (κ3) is 8.40. The second-order valence-electron chi connectivity index (χ2n) is 10.7. The summed E-state index contributed by atoms with van der Waals surface area (Å²) in [5, 5.41) is 0. The van der Waals surface area contributed by atoms with E-state index in [0.29, 0.717) is 19.0 Å². The van der Waals surface area contributed by atoms with Gasteiger partial charge in [-0.2, -0.15) is 0 Å². The summed E-state index contributed by atoms with van der Waals surface area (Å²) in [6.45, 7) is 11.0. The Bertz CT molecular complexity index is 848. The molecule has 206 valence electrons. The molecule has 9 heteroatoms. The molecule has 3 heterocycles. The smallest absolute Gasteiger partial charge is 0.411 e. The standard InChI is InChI=1S/C28H45N5O4/c1-29-23-26(37-28(29)35)33-20-19-31(14-8-12-27(34)36-2)22-25(33)11-6-7-13-30-15-17-32(18-16-30)21-24-9-4-3-5-10-24/h3-5,9-10,25-26H,6-8,11-23H2,1-2H3. The average molecular weight is 516 g/mol. The minimum absolute atomic E-state index is 0.142. The number of piperazine rings is 2. The maximum Gasteiger partial charge on any atom is 0.411 e. The van der Waals surface area contributed by atoms with E-state index in [1.807, 2.05) is 0 Å². The minimum Gasteiger partial charge on any atom is -0.469 e. The summed E-state index contributed by atoms with van der Waals surface area (Å²) in [6, 6.07) is 11.1. The third-order valence-corrected chi connectivity index (χ3v) is 8.02. The molecule has 1 aromatic carbocycles. The van der Waals surface area contributed by atoms with Crippen molar-refractivity contribution in [3.63, 3.8) is 0 Å². The number of methoxy groups -OCH3 is 1. The molecule has 3 saturated heterocycles. The monoisotopic (exact) mass is 515 g/mol. The van der Waals surface area contributed by atoms with Crippen LogP contribution in [0.15, 0.2) is 30.3 Å². The second kappa shape index (κ2) is 14.1. The second-order valence-corrected chi connectivity index (χ2v) is 10.7. The number of unbranched alkanes of at least 4 members (excludes halogenated alkanes) is 1. The van der Waals surface area contributed by atoms with Gasteiger partial charge < -0.3 is 24.2 Å². The van der Waals surface area contributed by atoms with Crippen molar-refractivity contribution in [3.8, 4) is 0 Å². The van der Waals surface area contributed by atoms with E-state index in [1.54, 1.807) is 11.9 Å². The lowest BCUT2D eigenvalue weighted by Gasteiger charge is -2.43. The Hall–Kier alpha value is -2.20. The molecule has 2 atom stereocenters. The Balaban J connectivity index is 1.19. The van der Waals surface area contributed by atoms with Gasteiger partial charge in [0.15, 0.2) is 6.23 Å². The quantitative estimate of drug-likeness (QED) is 0.310. The first-order chi connectivity index (χ1) is 18.0. The van der Waals surface area contributed by atoms with E-state index in [0.717, 1.165) is 84.7 Å². The third-order valence-electron chi connectivity index (χ3n) is 8.02. The molecule has 3 aliphatic rings. The van der Waals surface area contributed by atoms with Gasteiger partial charge in [0.2, 0.25) is 0 Å². The van der Waals surface area contributed by atoms with E-state index < -0.39 is 0 Å². The van der Waals surface area contributed by atoms with Gasteiger partial charge in [-0.05, 0) is 37.9 Å². The zero-order valence-electron chi connectivity index (χ0n) is 22.7. The summed E-state index contributed by atoms with van der Waals surface area (Å²) < 4.78 is 10.5. The summed E-state index contributed by atoms with van der Waals surface area (Å²) >= 11 is 0. The Morgan fingerprint density at radius 3 is 2.32 bits per heavy atom. The lowest BCUT2D eigenvalue weighted by molar-refractivity contribution is -0.140. The first-order valence-corrected chi connectivity index (χ1v) is 14.0. The van der Waals surface area contributed by atoms with Crippen LogP contribution in [0.25, 0.3) is 0 Å². The van der Waals surface area contributed by atoms with Crippen LogP contribution in [-0.2, 0) is 20.8 Å². The highest BCUT2D eigenvalue weighted by Crippen LogP contribution is 2.23. The maximum atomic E-state index is 12.0. The molecule has 3 fully saturated rings. The average Bonchev–Trinajstić information content (AvgIpc) is 3.25. The van der Waals surface area contributed by atoms with Crippen LogP contribution in [0.1, 0.15) is 37.7 Å².